The van der Waals surface area contributed by atoms with E-state index in [0.717, 1.165) is 12.3 Å². The van der Waals surface area contributed by atoms with E-state index in [2.05, 4.69) is 15.5 Å². The summed E-state index contributed by atoms with van der Waals surface area (Å²) in [4.78, 5) is 31.9. The fraction of sp³-hybridized carbons (Fsp3) is 0.0909. The van der Waals surface area contributed by atoms with Crippen LogP contribution in [0.2, 0.25) is 0 Å². The van der Waals surface area contributed by atoms with Crippen molar-refractivity contribution in [2.24, 2.45) is 10.2 Å². The van der Waals surface area contributed by atoms with Crippen molar-refractivity contribution < 1.29 is 19.6 Å². The van der Waals surface area contributed by atoms with E-state index in [1.807, 2.05) is 0 Å². The van der Waals surface area contributed by atoms with Crippen molar-refractivity contribution in [1.29, 1.82) is 0 Å². The minimum atomic E-state index is -1.31. The van der Waals surface area contributed by atoms with Gasteiger partial charge in [-0.15, -0.1) is 5.10 Å². The third-order valence-electron chi connectivity index (χ3n) is 2.41. The molecule has 0 aliphatic carbocycles. The number of non-ortho nitro benzene ring substituents is 1. The van der Waals surface area contributed by atoms with Crippen LogP contribution in [-0.4, -0.2) is 39.0 Å². The van der Waals surface area contributed by atoms with Gasteiger partial charge in [-0.3, -0.25) is 14.9 Å². The molecular formula is C11H8N4O5S. The van der Waals surface area contributed by atoms with E-state index in [9.17, 15) is 19.7 Å². The zero-order valence-electron chi connectivity index (χ0n) is 10.3. The fourth-order valence-corrected chi connectivity index (χ4v) is 2.11. The summed E-state index contributed by atoms with van der Waals surface area (Å²) in [7, 11) is 0. The summed E-state index contributed by atoms with van der Waals surface area (Å²) in [6, 6.07) is 3.39. The van der Waals surface area contributed by atoms with Crippen LogP contribution in [0.5, 0.6) is 0 Å². The molecule has 10 heteroatoms. The Morgan fingerprint density at radius 1 is 1.52 bits per heavy atom. The van der Waals surface area contributed by atoms with Crippen molar-refractivity contribution in [2.75, 3.05) is 5.75 Å². The lowest BCUT2D eigenvalue weighted by molar-refractivity contribution is -0.384. The number of thioether (sulfide) groups is 1. The van der Waals surface area contributed by atoms with Gasteiger partial charge in [0.25, 0.3) is 5.69 Å². The molecule has 0 bridgehead atoms. The highest BCUT2D eigenvalue weighted by molar-refractivity contribution is 8.15. The first kappa shape index (κ1) is 14.7. The molecular weight excluding hydrogens is 300 g/mol. The van der Waals surface area contributed by atoms with Gasteiger partial charge in [-0.2, -0.15) is 5.10 Å². The predicted molar refractivity (Wildman–Crippen MR) is 75.7 cm³/mol. The molecule has 1 aromatic rings. The standard InChI is InChI=1S/C11H8N4O5S/c16-9-5-21-11(13-9)14-12-4-6-1-2-7(15(19)20)3-8(6)10(17)18/h1-4H,5H2,(H,17,18)(H,13,14,16). The monoisotopic (exact) mass is 308 g/mol. The van der Waals surface area contributed by atoms with Crippen LogP contribution >= 0.6 is 11.8 Å². The van der Waals surface area contributed by atoms with Crippen LogP contribution in [0.15, 0.2) is 28.4 Å². The topological polar surface area (TPSA) is 134 Å². The van der Waals surface area contributed by atoms with E-state index in [1.54, 1.807) is 0 Å². The molecule has 0 spiro atoms. The number of benzene rings is 1. The summed E-state index contributed by atoms with van der Waals surface area (Å²) in [6.45, 7) is 0. The smallest absolute Gasteiger partial charge is 0.336 e. The Hall–Kier alpha value is -2.75. The number of carboxylic acid groups (broad SMARTS) is 1. The molecule has 1 saturated heterocycles. The Labute approximate surface area is 121 Å². The number of hydrogen-bond donors (Lipinski definition) is 2. The number of nitro groups is 1. The molecule has 1 aromatic carbocycles. The van der Waals surface area contributed by atoms with Crippen molar-refractivity contribution in [3.05, 3.63) is 39.4 Å². The van der Waals surface area contributed by atoms with Crippen molar-refractivity contribution >= 4 is 40.7 Å². The van der Waals surface area contributed by atoms with Crippen molar-refractivity contribution in [1.82, 2.24) is 5.32 Å². The Balaban J connectivity index is 2.25. The van der Waals surface area contributed by atoms with E-state index >= 15 is 0 Å². The maximum Gasteiger partial charge on any atom is 0.336 e. The van der Waals surface area contributed by atoms with Crippen molar-refractivity contribution in [2.45, 2.75) is 0 Å². The van der Waals surface area contributed by atoms with E-state index < -0.39 is 10.9 Å². The van der Waals surface area contributed by atoms with Crippen LogP contribution in [-0.2, 0) is 4.79 Å². The van der Waals surface area contributed by atoms with Gasteiger partial charge in [-0.1, -0.05) is 11.8 Å². The minimum Gasteiger partial charge on any atom is -0.478 e. The molecule has 2 rings (SSSR count). The van der Waals surface area contributed by atoms with E-state index in [1.165, 1.54) is 23.9 Å². The van der Waals surface area contributed by atoms with Crippen LogP contribution in [0.3, 0.4) is 0 Å². The minimum absolute atomic E-state index is 0.173. The summed E-state index contributed by atoms with van der Waals surface area (Å²) in [5, 5.41) is 29.8. The van der Waals surface area contributed by atoms with Gasteiger partial charge in [0, 0.05) is 17.7 Å². The number of carbonyl (C=O) groups is 2. The number of nitro benzene ring substituents is 1. The van der Waals surface area contributed by atoms with Crippen molar-refractivity contribution in [3.8, 4) is 0 Å². The zero-order valence-corrected chi connectivity index (χ0v) is 11.2. The summed E-state index contributed by atoms with van der Waals surface area (Å²) in [6.07, 6.45) is 1.16. The number of aromatic carboxylic acids is 1. The summed E-state index contributed by atoms with van der Waals surface area (Å²) in [5.41, 5.74) is -0.405. The lowest BCUT2D eigenvalue weighted by Crippen LogP contribution is -2.19. The molecule has 0 radical (unpaired) electrons. The molecule has 1 heterocycles. The SMILES string of the molecule is O=C1CSC(=NN=Cc2ccc([N+](=O)[O-])cc2C(=O)O)N1. The second kappa shape index (κ2) is 6.13. The first-order chi connectivity index (χ1) is 9.97. The molecule has 1 amide bonds. The normalized spacial score (nSPS) is 16.4. The zero-order chi connectivity index (χ0) is 15.4. The van der Waals surface area contributed by atoms with Crippen LogP contribution in [0.1, 0.15) is 15.9 Å². The number of nitrogens with zero attached hydrogens (tertiary/aromatic N) is 3. The van der Waals surface area contributed by atoms with Crippen molar-refractivity contribution in [3.63, 3.8) is 0 Å². The maximum atomic E-state index is 11.1. The Kier molecular flexibility index (Phi) is 4.28. The van der Waals surface area contributed by atoms with Crippen LogP contribution in [0.4, 0.5) is 5.69 Å². The molecule has 21 heavy (non-hydrogen) atoms. The van der Waals surface area contributed by atoms with Crippen LogP contribution in [0, 0.1) is 10.1 Å². The highest BCUT2D eigenvalue weighted by Crippen LogP contribution is 2.17. The average Bonchev–Trinajstić information content (AvgIpc) is 2.84. The maximum absolute atomic E-state index is 11.1. The van der Waals surface area contributed by atoms with Crippen LogP contribution < -0.4 is 5.32 Å². The molecule has 1 aliphatic heterocycles. The molecule has 2 N–H and O–H groups in total. The van der Waals surface area contributed by atoms with Gasteiger partial charge >= 0.3 is 5.97 Å². The second-order valence-corrected chi connectivity index (χ2v) is 4.78. The Morgan fingerprint density at radius 3 is 2.86 bits per heavy atom. The number of hydrogen-bond acceptors (Lipinski definition) is 7. The number of carboxylic acids is 1. The highest BCUT2D eigenvalue weighted by Gasteiger charge is 2.17. The molecule has 1 aliphatic rings. The van der Waals surface area contributed by atoms with Gasteiger partial charge in [0.2, 0.25) is 5.91 Å². The van der Waals surface area contributed by atoms with Gasteiger partial charge in [0.15, 0.2) is 5.17 Å². The summed E-state index contributed by atoms with van der Waals surface area (Å²) >= 11 is 1.17. The van der Waals surface area contributed by atoms with E-state index in [0.29, 0.717) is 5.17 Å². The predicted octanol–water partition coefficient (Wildman–Crippen LogP) is 0.846. The third-order valence-corrected chi connectivity index (χ3v) is 3.27. The summed E-state index contributed by atoms with van der Waals surface area (Å²) in [5.74, 6) is -1.24. The first-order valence-electron chi connectivity index (χ1n) is 5.53. The number of nitrogens with one attached hydrogen (secondary N) is 1. The molecule has 0 unspecified atom stereocenters. The number of rotatable bonds is 4. The van der Waals surface area contributed by atoms with E-state index in [4.69, 9.17) is 5.11 Å². The second-order valence-electron chi connectivity index (χ2n) is 3.82. The first-order valence-corrected chi connectivity index (χ1v) is 6.51. The molecule has 0 saturated carbocycles. The lowest BCUT2D eigenvalue weighted by atomic mass is 10.1. The van der Waals surface area contributed by atoms with E-state index in [-0.39, 0.29) is 28.5 Å². The molecule has 9 nitrogen and oxygen atoms in total. The number of amidine groups is 1. The Morgan fingerprint density at radius 2 is 2.29 bits per heavy atom. The average molecular weight is 308 g/mol. The quantitative estimate of drug-likeness (QED) is 0.481. The van der Waals surface area contributed by atoms with Gasteiger partial charge in [0.05, 0.1) is 22.5 Å². The Bertz CT molecular complexity index is 685. The van der Waals surface area contributed by atoms with Gasteiger partial charge in [-0.25, -0.2) is 4.79 Å². The number of carbonyl (C=O) groups excluding carboxylic acids is 1. The molecule has 108 valence electrons. The van der Waals surface area contributed by atoms with Gasteiger partial charge in [0.1, 0.15) is 0 Å². The molecule has 1 fully saturated rings. The fourth-order valence-electron chi connectivity index (χ4n) is 1.48. The highest BCUT2D eigenvalue weighted by atomic mass is 32.2. The third kappa shape index (κ3) is 3.63. The largest absolute Gasteiger partial charge is 0.478 e. The molecule has 0 aromatic heterocycles. The van der Waals surface area contributed by atoms with Gasteiger partial charge in [-0.05, 0) is 6.07 Å². The van der Waals surface area contributed by atoms with Gasteiger partial charge < -0.3 is 10.4 Å². The summed E-state index contributed by atoms with van der Waals surface area (Å²) < 4.78 is 0. The lowest BCUT2D eigenvalue weighted by Gasteiger charge is -2.00. The number of amides is 1. The van der Waals surface area contributed by atoms with Crippen LogP contribution in [0.25, 0.3) is 0 Å². The molecule has 0 atom stereocenters.